The van der Waals surface area contributed by atoms with Gasteiger partial charge in [-0.05, 0) is 29.5 Å². The van der Waals surface area contributed by atoms with Crippen LogP contribution in [0.15, 0.2) is 36.4 Å². The summed E-state index contributed by atoms with van der Waals surface area (Å²) in [4.78, 5) is 0. The third-order valence-electron chi connectivity index (χ3n) is 3.88. The molecule has 1 N–H and O–H groups in total. The summed E-state index contributed by atoms with van der Waals surface area (Å²) in [5.41, 5.74) is 1.20. The fourth-order valence-electron chi connectivity index (χ4n) is 2.63. The minimum absolute atomic E-state index is 0.140. The van der Waals surface area contributed by atoms with Gasteiger partial charge in [-0.25, -0.2) is 4.39 Å². The Morgan fingerprint density at radius 3 is 2.37 bits per heavy atom. The van der Waals surface area contributed by atoms with Gasteiger partial charge in [0.15, 0.2) is 0 Å². The molecule has 0 aliphatic heterocycles. The molecule has 2 aromatic rings. The van der Waals surface area contributed by atoms with Crippen molar-refractivity contribution in [1.29, 1.82) is 0 Å². The normalized spacial score (nSPS) is 14.5. The molecule has 0 amide bonds. The van der Waals surface area contributed by atoms with Crippen LogP contribution in [0.2, 0.25) is 0 Å². The van der Waals surface area contributed by atoms with Gasteiger partial charge in [0.05, 0.1) is 0 Å². The van der Waals surface area contributed by atoms with Crippen LogP contribution in [0.4, 0.5) is 4.39 Å². The lowest BCUT2D eigenvalue weighted by molar-refractivity contribution is 0.386. The molecular weight excluding hydrogens is 237 g/mol. The van der Waals surface area contributed by atoms with Crippen molar-refractivity contribution in [3.63, 3.8) is 0 Å². The Morgan fingerprint density at radius 2 is 1.74 bits per heavy atom. The van der Waals surface area contributed by atoms with Gasteiger partial charge in [-0.2, -0.15) is 0 Å². The first-order valence-electron chi connectivity index (χ1n) is 7.09. The van der Waals surface area contributed by atoms with Crippen molar-refractivity contribution in [3.05, 3.63) is 47.8 Å². The maximum Gasteiger partial charge on any atom is 0.131 e. The van der Waals surface area contributed by atoms with Crippen LogP contribution in [0.5, 0.6) is 0 Å². The highest BCUT2D eigenvalue weighted by molar-refractivity contribution is 5.86. The van der Waals surface area contributed by atoms with Crippen LogP contribution in [0, 0.1) is 11.7 Å². The third kappa shape index (κ3) is 2.79. The van der Waals surface area contributed by atoms with Crippen LogP contribution in [0.1, 0.15) is 38.8 Å². The smallest absolute Gasteiger partial charge is 0.131 e. The predicted molar refractivity (Wildman–Crippen MR) is 79.8 cm³/mol. The maximum atomic E-state index is 13.9. The van der Waals surface area contributed by atoms with Crippen LogP contribution in [0.3, 0.4) is 0 Å². The molecule has 0 spiro atoms. The second-order valence-electron chi connectivity index (χ2n) is 5.10. The lowest BCUT2D eigenvalue weighted by Crippen LogP contribution is -2.26. The van der Waals surface area contributed by atoms with Crippen molar-refractivity contribution in [2.75, 3.05) is 6.54 Å². The van der Waals surface area contributed by atoms with Crippen LogP contribution in [-0.2, 0) is 0 Å². The van der Waals surface area contributed by atoms with Gasteiger partial charge in [0, 0.05) is 11.4 Å². The number of halogens is 1. The molecule has 2 aromatic carbocycles. The zero-order valence-electron chi connectivity index (χ0n) is 11.9. The highest BCUT2D eigenvalue weighted by Gasteiger charge is 2.19. The van der Waals surface area contributed by atoms with Gasteiger partial charge in [-0.3, -0.25) is 0 Å². The average molecular weight is 259 g/mol. The van der Waals surface area contributed by atoms with E-state index in [1.807, 2.05) is 30.3 Å². The molecule has 0 saturated carbocycles. The van der Waals surface area contributed by atoms with Crippen molar-refractivity contribution < 1.29 is 4.39 Å². The van der Waals surface area contributed by atoms with Gasteiger partial charge in [-0.15, -0.1) is 0 Å². The molecule has 2 unspecified atom stereocenters. The number of hydrogen-bond acceptors (Lipinski definition) is 1. The van der Waals surface area contributed by atoms with E-state index < -0.39 is 0 Å². The molecule has 0 aliphatic carbocycles. The quantitative estimate of drug-likeness (QED) is 0.822. The van der Waals surface area contributed by atoms with Crippen LogP contribution < -0.4 is 5.32 Å². The fourth-order valence-corrected chi connectivity index (χ4v) is 2.63. The number of rotatable bonds is 5. The van der Waals surface area contributed by atoms with E-state index in [0.29, 0.717) is 11.3 Å². The highest BCUT2D eigenvalue weighted by atomic mass is 19.1. The van der Waals surface area contributed by atoms with Gasteiger partial charge >= 0.3 is 0 Å². The molecule has 0 bridgehead atoms. The third-order valence-corrected chi connectivity index (χ3v) is 3.88. The Bertz CT molecular complexity index is 550. The Hall–Kier alpha value is -1.41. The van der Waals surface area contributed by atoms with Crippen molar-refractivity contribution in [1.82, 2.24) is 5.32 Å². The molecule has 0 aromatic heterocycles. The molecule has 2 heteroatoms. The van der Waals surface area contributed by atoms with Gasteiger partial charge in [0.25, 0.3) is 0 Å². The molecule has 0 heterocycles. The summed E-state index contributed by atoms with van der Waals surface area (Å²) in [7, 11) is 0. The Kier molecular flexibility index (Phi) is 4.54. The van der Waals surface area contributed by atoms with Crippen molar-refractivity contribution >= 4 is 10.8 Å². The van der Waals surface area contributed by atoms with E-state index in [2.05, 4.69) is 26.1 Å². The summed E-state index contributed by atoms with van der Waals surface area (Å²) >= 11 is 0. The average Bonchev–Trinajstić information content (AvgIpc) is 2.45. The topological polar surface area (TPSA) is 12.0 Å². The summed E-state index contributed by atoms with van der Waals surface area (Å²) in [6, 6.07) is 11.5. The monoisotopic (exact) mass is 259 g/mol. The zero-order valence-corrected chi connectivity index (χ0v) is 11.9. The lowest BCUT2D eigenvalue weighted by atomic mass is 9.89. The SMILES string of the molecule is CCNC(c1ccc(F)c2ccccc12)C(C)CC. The first-order valence-corrected chi connectivity index (χ1v) is 7.09. The summed E-state index contributed by atoms with van der Waals surface area (Å²) in [6.07, 6.45) is 1.10. The fraction of sp³-hybridized carbons (Fsp3) is 0.412. The first-order chi connectivity index (χ1) is 9.19. The maximum absolute atomic E-state index is 13.9. The van der Waals surface area contributed by atoms with E-state index in [9.17, 15) is 4.39 Å². The van der Waals surface area contributed by atoms with Crippen molar-refractivity contribution in [3.8, 4) is 0 Å². The summed E-state index contributed by atoms with van der Waals surface area (Å²) in [6.45, 7) is 7.47. The lowest BCUT2D eigenvalue weighted by Gasteiger charge is -2.25. The first kappa shape index (κ1) is 14.0. The van der Waals surface area contributed by atoms with Crippen molar-refractivity contribution in [2.45, 2.75) is 33.2 Å². The molecule has 102 valence electrons. The minimum Gasteiger partial charge on any atom is -0.310 e. The molecular formula is C17H22FN. The van der Waals surface area contributed by atoms with Crippen LogP contribution in [-0.4, -0.2) is 6.54 Å². The largest absolute Gasteiger partial charge is 0.310 e. The molecule has 0 fully saturated rings. The number of hydrogen-bond donors (Lipinski definition) is 1. The highest BCUT2D eigenvalue weighted by Crippen LogP contribution is 2.31. The summed E-state index contributed by atoms with van der Waals surface area (Å²) in [5, 5.41) is 5.27. The van der Waals surface area contributed by atoms with E-state index in [4.69, 9.17) is 0 Å². The Balaban J connectivity index is 2.56. The minimum atomic E-state index is -0.140. The number of benzene rings is 2. The van der Waals surface area contributed by atoms with Gasteiger partial charge < -0.3 is 5.32 Å². The van der Waals surface area contributed by atoms with E-state index >= 15 is 0 Å². The summed E-state index contributed by atoms with van der Waals surface area (Å²) in [5.74, 6) is 0.382. The second kappa shape index (κ2) is 6.16. The van der Waals surface area contributed by atoms with Gasteiger partial charge in [0.1, 0.15) is 5.82 Å². The molecule has 2 rings (SSSR count). The molecule has 1 nitrogen and oxygen atoms in total. The standard InChI is InChI=1S/C17H22FN/c1-4-12(3)17(19-5-2)15-10-11-16(18)14-9-7-6-8-13(14)15/h6-12,17,19H,4-5H2,1-3H3. The van der Waals surface area contributed by atoms with Gasteiger partial charge in [-0.1, -0.05) is 57.5 Å². The Morgan fingerprint density at radius 1 is 1.05 bits per heavy atom. The molecule has 2 atom stereocenters. The molecule has 0 saturated heterocycles. The molecule has 0 aliphatic rings. The second-order valence-corrected chi connectivity index (χ2v) is 5.10. The van der Waals surface area contributed by atoms with E-state index in [1.165, 1.54) is 5.56 Å². The summed E-state index contributed by atoms with van der Waals surface area (Å²) < 4.78 is 13.9. The molecule has 0 radical (unpaired) electrons. The molecule has 19 heavy (non-hydrogen) atoms. The van der Waals surface area contributed by atoms with Crippen LogP contribution in [0.25, 0.3) is 10.8 Å². The van der Waals surface area contributed by atoms with Gasteiger partial charge in [0.2, 0.25) is 0 Å². The predicted octanol–water partition coefficient (Wildman–Crippen LogP) is 4.68. The van der Waals surface area contributed by atoms with E-state index in [0.717, 1.165) is 18.4 Å². The van der Waals surface area contributed by atoms with Crippen LogP contribution >= 0.6 is 0 Å². The van der Waals surface area contributed by atoms with Crippen molar-refractivity contribution in [2.24, 2.45) is 5.92 Å². The number of nitrogens with one attached hydrogen (secondary N) is 1. The number of fused-ring (bicyclic) bond motifs is 1. The van der Waals surface area contributed by atoms with E-state index in [-0.39, 0.29) is 11.9 Å². The Labute approximate surface area is 114 Å². The zero-order chi connectivity index (χ0) is 13.8. The van der Waals surface area contributed by atoms with E-state index in [1.54, 1.807) is 6.07 Å².